The zero-order chi connectivity index (χ0) is 12.5. The number of hydrogen-bond acceptors (Lipinski definition) is 5. The third-order valence-corrected chi connectivity index (χ3v) is 3.79. The van der Waals surface area contributed by atoms with Crippen molar-refractivity contribution in [2.75, 3.05) is 17.2 Å². The van der Waals surface area contributed by atoms with Crippen LogP contribution in [0.4, 0.5) is 11.5 Å². The van der Waals surface area contributed by atoms with Crippen molar-refractivity contribution in [3.8, 4) is 0 Å². The number of nitrogen functional groups attached to an aromatic ring is 1. The van der Waals surface area contributed by atoms with E-state index in [1.165, 1.54) is 5.56 Å². The molecule has 1 aliphatic heterocycles. The van der Waals surface area contributed by atoms with Crippen molar-refractivity contribution in [3.05, 3.63) is 34.7 Å². The summed E-state index contributed by atoms with van der Waals surface area (Å²) in [7, 11) is 0. The Morgan fingerprint density at radius 3 is 3.00 bits per heavy atom. The van der Waals surface area contributed by atoms with Crippen LogP contribution in [0.2, 0.25) is 0 Å². The maximum atomic E-state index is 12.4. The molecule has 5 nitrogen and oxygen atoms in total. The van der Waals surface area contributed by atoms with Gasteiger partial charge in [0, 0.05) is 12.2 Å². The normalized spacial score (nSPS) is 14.3. The van der Waals surface area contributed by atoms with Gasteiger partial charge in [-0.3, -0.25) is 4.79 Å². The third kappa shape index (κ3) is 1.74. The standard InChI is InChI=1S/C12H12N4OS/c13-11-10(18-15-14-11)12(17)16-7-3-5-8-4-1-2-6-9(8)16/h1-2,4,6H,3,5,7,13H2. The molecule has 0 bridgehead atoms. The highest BCUT2D eigenvalue weighted by molar-refractivity contribution is 7.08. The molecule has 18 heavy (non-hydrogen) atoms. The smallest absolute Gasteiger partial charge is 0.273 e. The maximum Gasteiger partial charge on any atom is 0.273 e. The fourth-order valence-electron chi connectivity index (χ4n) is 2.21. The van der Waals surface area contributed by atoms with Gasteiger partial charge in [0.1, 0.15) is 0 Å². The summed E-state index contributed by atoms with van der Waals surface area (Å²) in [5.74, 6) is 0.114. The first-order valence-electron chi connectivity index (χ1n) is 5.75. The summed E-state index contributed by atoms with van der Waals surface area (Å²) in [6.45, 7) is 0.715. The number of amides is 1. The van der Waals surface area contributed by atoms with Crippen LogP contribution in [0.15, 0.2) is 24.3 Å². The van der Waals surface area contributed by atoms with E-state index in [4.69, 9.17) is 5.73 Å². The first-order valence-corrected chi connectivity index (χ1v) is 6.52. The fourth-order valence-corrected chi connectivity index (χ4v) is 2.75. The lowest BCUT2D eigenvalue weighted by molar-refractivity contribution is 0.0989. The van der Waals surface area contributed by atoms with E-state index >= 15 is 0 Å². The Bertz CT molecular complexity index is 595. The largest absolute Gasteiger partial charge is 0.381 e. The van der Waals surface area contributed by atoms with Crippen molar-refractivity contribution in [1.29, 1.82) is 0 Å². The summed E-state index contributed by atoms with van der Waals surface area (Å²) in [5, 5.41) is 3.69. The number of hydrogen-bond donors (Lipinski definition) is 1. The summed E-state index contributed by atoms with van der Waals surface area (Å²) in [5.41, 5.74) is 7.83. The van der Waals surface area contributed by atoms with Crippen LogP contribution in [0.1, 0.15) is 21.7 Å². The van der Waals surface area contributed by atoms with Crippen LogP contribution < -0.4 is 10.6 Å². The molecule has 0 saturated carbocycles. The Morgan fingerprint density at radius 1 is 1.39 bits per heavy atom. The average molecular weight is 260 g/mol. The van der Waals surface area contributed by atoms with Crippen LogP contribution in [-0.2, 0) is 6.42 Å². The zero-order valence-electron chi connectivity index (χ0n) is 9.67. The number of nitrogens with two attached hydrogens (primary N) is 1. The van der Waals surface area contributed by atoms with Crippen LogP contribution >= 0.6 is 11.5 Å². The van der Waals surface area contributed by atoms with Crippen molar-refractivity contribution in [2.45, 2.75) is 12.8 Å². The predicted molar refractivity (Wildman–Crippen MR) is 70.8 cm³/mol. The number of benzene rings is 1. The van der Waals surface area contributed by atoms with Crippen molar-refractivity contribution in [1.82, 2.24) is 9.59 Å². The SMILES string of the molecule is Nc1nnsc1C(=O)N1CCCc2ccccc21. The number of carbonyl (C=O) groups is 1. The number of fused-ring (bicyclic) bond motifs is 1. The highest BCUT2D eigenvalue weighted by Crippen LogP contribution is 2.29. The summed E-state index contributed by atoms with van der Waals surface area (Å²) >= 11 is 1.05. The molecule has 0 radical (unpaired) electrons. The Morgan fingerprint density at radius 2 is 2.22 bits per heavy atom. The molecular weight excluding hydrogens is 248 g/mol. The molecule has 1 amide bonds. The van der Waals surface area contributed by atoms with Gasteiger partial charge in [-0.25, -0.2) is 0 Å². The third-order valence-electron chi connectivity index (χ3n) is 3.06. The van der Waals surface area contributed by atoms with E-state index in [1.807, 2.05) is 18.2 Å². The highest BCUT2D eigenvalue weighted by atomic mass is 32.1. The Kier molecular flexibility index (Phi) is 2.71. The number of nitrogens with zero attached hydrogens (tertiary/aromatic N) is 3. The van der Waals surface area contributed by atoms with Gasteiger partial charge in [-0.1, -0.05) is 22.7 Å². The lowest BCUT2D eigenvalue weighted by Crippen LogP contribution is -2.35. The van der Waals surface area contributed by atoms with Gasteiger partial charge < -0.3 is 10.6 Å². The number of carbonyl (C=O) groups excluding carboxylic acids is 1. The fraction of sp³-hybridized carbons (Fsp3) is 0.250. The summed E-state index contributed by atoms with van der Waals surface area (Å²) in [6.07, 6.45) is 1.98. The lowest BCUT2D eigenvalue weighted by atomic mass is 10.0. The molecule has 1 aliphatic rings. The quantitative estimate of drug-likeness (QED) is 0.847. The molecule has 6 heteroatoms. The molecule has 1 aromatic carbocycles. The van der Waals surface area contributed by atoms with Crippen LogP contribution in [0, 0.1) is 0 Å². The average Bonchev–Trinajstić information content (AvgIpc) is 2.83. The second kappa shape index (κ2) is 4.38. The van der Waals surface area contributed by atoms with Crippen molar-refractivity contribution < 1.29 is 4.79 Å². The number of anilines is 2. The van der Waals surface area contributed by atoms with E-state index in [0.717, 1.165) is 30.1 Å². The Labute approximate surface area is 108 Å². The molecule has 0 fully saturated rings. The minimum absolute atomic E-state index is 0.102. The first-order chi connectivity index (χ1) is 8.77. The molecule has 2 heterocycles. The minimum atomic E-state index is -0.102. The number of aromatic nitrogens is 2. The minimum Gasteiger partial charge on any atom is -0.381 e. The molecule has 0 unspecified atom stereocenters. The van der Waals surface area contributed by atoms with Gasteiger partial charge in [-0.2, -0.15) is 0 Å². The van der Waals surface area contributed by atoms with Crippen LogP contribution in [0.5, 0.6) is 0 Å². The van der Waals surface area contributed by atoms with E-state index in [9.17, 15) is 4.79 Å². The topological polar surface area (TPSA) is 72.1 Å². The van der Waals surface area contributed by atoms with Crippen LogP contribution in [0.25, 0.3) is 0 Å². The van der Waals surface area contributed by atoms with Gasteiger partial charge in [0.25, 0.3) is 5.91 Å². The zero-order valence-corrected chi connectivity index (χ0v) is 10.5. The number of para-hydroxylation sites is 1. The van der Waals surface area contributed by atoms with E-state index in [0.29, 0.717) is 11.4 Å². The van der Waals surface area contributed by atoms with Gasteiger partial charge in [-0.15, -0.1) is 5.10 Å². The number of aryl methyl sites for hydroxylation is 1. The second-order valence-electron chi connectivity index (χ2n) is 4.18. The van der Waals surface area contributed by atoms with Gasteiger partial charge >= 0.3 is 0 Å². The summed E-state index contributed by atoms with van der Waals surface area (Å²) < 4.78 is 3.71. The Balaban J connectivity index is 2.00. The van der Waals surface area contributed by atoms with Crippen LogP contribution in [0.3, 0.4) is 0 Å². The van der Waals surface area contributed by atoms with Crippen molar-refractivity contribution in [3.63, 3.8) is 0 Å². The van der Waals surface area contributed by atoms with Gasteiger partial charge in [-0.05, 0) is 36.0 Å². The lowest BCUT2D eigenvalue weighted by Gasteiger charge is -2.28. The van der Waals surface area contributed by atoms with E-state index in [2.05, 4.69) is 15.7 Å². The molecule has 0 saturated heterocycles. The van der Waals surface area contributed by atoms with Crippen molar-refractivity contribution in [2.24, 2.45) is 0 Å². The predicted octanol–water partition coefficient (Wildman–Crippen LogP) is 1.71. The van der Waals surface area contributed by atoms with E-state index in [1.54, 1.807) is 4.90 Å². The Hall–Kier alpha value is -1.95. The van der Waals surface area contributed by atoms with E-state index in [-0.39, 0.29) is 11.7 Å². The molecule has 3 rings (SSSR count). The second-order valence-corrected chi connectivity index (χ2v) is 4.93. The molecule has 92 valence electrons. The molecule has 2 N–H and O–H groups in total. The van der Waals surface area contributed by atoms with E-state index < -0.39 is 0 Å². The van der Waals surface area contributed by atoms with Crippen molar-refractivity contribution >= 4 is 28.9 Å². The van der Waals surface area contributed by atoms with Gasteiger partial charge in [0.15, 0.2) is 10.7 Å². The summed E-state index contributed by atoms with van der Waals surface area (Å²) in [6, 6.07) is 7.97. The summed E-state index contributed by atoms with van der Waals surface area (Å²) in [4.78, 5) is 14.6. The van der Waals surface area contributed by atoms with Crippen LogP contribution in [-0.4, -0.2) is 22.0 Å². The molecule has 1 aromatic heterocycles. The number of rotatable bonds is 1. The monoisotopic (exact) mass is 260 g/mol. The molecular formula is C12H12N4OS. The maximum absolute atomic E-state index is 12.4. The van der Waals surface area contributed by atoms with Gasteiger partial charge in [0.2, 0.25) is 0 Å². The van der Waals surface area contributed by atoms with Gasteiger partial charge in [0.05, 0.1) is 0 Å². The first kappa shape index (κ1) is 11.2. The molecule has 0 spiro atoms. The highest BCUT2D eigenvalue weighted by Gasteiger charge is 2.26. The molecule has 0 aliphatic carbocycles. The molecule has 0 atom stereocenters. The molecule has 2 aromatic rings.